The highest BCUT2D eigenvalue weighted by Gasteiger charge is 2.23. The lowest BCUT2D eigenvalue weighted by Gasteiger charge is -2.16. The van der Waals surface area contributed by atoms with E-state index in [1.54, 1.807) is 39.0 Å². The fourth-order valence-electron chi connectivity index (χ4n) is 1.75. The van der Waals surface area contributed by atoms with Crippen LogP contribution in [0.3, 0.4) is 0 Å². The average molecular weight is 366 g/mol. The number of amides is 1. The van der Waals surface area contributed by atoms with E-state index in [1.807, 2.05) is 6.07 Å². The first kappa shape index (κ1) is 18.8. The van der Waals surface area contributed by atoms with Crippen molar-refractivity contribution in [2.24, 2.45) is 5.41 Å². The molecule has 2 aromatic rings. The van der Waals surface area contributed by atoms with E-state index in [4.69, 9.17) is 21.1 Å². The standard InChI is InChI=1S/C17H20ClN3O4/c1-17(2,3)15(22)25-11-21-9-13(8-19-21)20-16(23)24-10-12-6-4-5-7-14(12)18/h4-9H,10-11H2,1-3H3,(H,20,23). The highest BCUT2D eigenvalue weighted by molar-refractivity contribution is 6.31. The van der Waals surface area contributed by atoms with Gasteiger partial charge in [0.2, 0.25) is 0 Å². The highest BCUT2D eigenvalue weighted by Crippen LogP contribution is 2.17. The molecule has 8 heteroatoms. The largest absolute Gasteiger partial charge is 0.444 e. The van der Waals surface area contributed by atoms with Crippen LogP contribution in [0.5, 0.6) is 0 Å². The quantitative estimate of drug-likeness (QED) is 0.814. The zero-order chi connectivity index (χ0) is 18.4. The first-order valence-electron chi connectivity index (χ1n) is 7.62. The zero-order valence-corrected chi connectivity index (χ0v) is 15.0. The van der Waals surface area contributed by atoms with Crippen LogP contribution in [0.25, 0.3) is 0 Å². The number of benzene rings is 1. The summed E-state index contributed by atoms with van der Waals surface area (Å²) >= 11 is 6.00. The predicted molar refractivity (Wildman–Crippen MR) is 93.0 cm³/mol. The van der Waals surface area contributed by atoms with Gasteiger partial charge in [0, 0.05) is 10.6 Å². The zero-order valence-electron chi connectivity index (χ0n) is 14.3. The van der Waals surface area contributed by atoms with Gasteiger partial charge in [-0.15, -0.1) is 0 Å². The molecule has 1 amide bonds. The Kier molecular flexibility index (Phi) is 6.03. The van der Waals surface area contributed by atoms with Gasteiger partial charge >= 0.3 is 12.1 Å². The molecule has 0 aliphatic heterocycles. The van der Waals surface area contributed by atoms with E-state index in [0.717, 1.165) is 0 Å². The Morgan fingerprint density at radius 3 is 2.64 bits per heavy atom. The van der Waals surface area contributed by atoms with E-state index >= 15 is 0 Å². The van der Waals surface area contributed by atoms with Gasteiger partial charge in [-0.2, -0.15) is 5.10 Å². The van der Waals surface area contributed by atoms with Gasteiger partial charge in [-0.25, -0.2) is 9.48 Å². The Morgan fingerprint density at radius 2 is 1.96 bits per heavy atom. The second kappa shape index (κ2) is 8.02. The van der Waals surface area contributed by atoms with E-state index < -0.39 is 11.5 Å². The molecule has 2 rings (SSSR count). The maximum Gasteiger partial charge on any atom is 0.412 e. The Morgan fingerprint density at radius 1 is 1.24 bits per heavy atom. The third-order valence-corrected chi connectivity index (χ3v) is 3.51. The molecule has 1 N–H and O–H groups in total. The summed E-state index contributed by atoms with van der Waals surface area (Å²) in [7, 11) is 0. The molecule has 0 fully saturated rings. The Bertz CT molecular complexity index is 752. The summed E-state index contributed by atoms with van der Waals surface area (Å²) in [5, 5.41) is 7.08. The summed E-state index contributed by atoms with van der Waals surface area (Å²) in [6.45, 7) is 5.32. The number of carbonyl (C=O) groups is 2. The van der Waals surface area contributed by atoms with Crippen LogP contribution in [-0.4, -0.2) is 21.8 Å². The number of hydrogen-bond acceptors (Lipinski definition) is 5. The molecule has 0 bridgehead atoms. The van der Waals surface area contributed by atoms with Crippen molar-refractivity contribution in [2.75, 3.05) is 5.32 Å². The molecule has 0 saturated carbocycles. The lowest BCUT2D eigenvalue weighted by molar-refractivity contribution is -0.157. The molecule has 0 aliphatic carbocycles. The molecule has 0 atom stereocenters. The minimum Gasteiger partial charge on any atom is -0.444 e. The summed E-state index contributed by atoms with van der Waals surface area (Å²) < 4.78 is 11.6. The van der Waals surface area contributed by atoms with Gasteiger partial charge in [-0.1, -0.05) is 29.8 Å². The van der Waals surface area contributed by atoms with Gasteiger partial charge in [0.05, 0.1) is 23.5 Å². The summed E-state index contributed by atoms with van der Waals surface area (Å²) in [4.78, 5) is 23.5. The molecule has 0 unspecified atom stereocenters. The molecule has 25 heavy (non-hydrogen) atoms. The molecule has 134 valence electrons. The van der Waals surface area contributed by atoms with Gasteiger partial charge in [0.1, 0.15) is 6.61 Å². The summed E-state index contributed by atoms with van der Waals surface area (Å²) in [5.74, 6) is -0.336. The van der Waals surface area contributed by atoms with E-state index in [2.05, 4.69) is 10.4 Å². The summed E-state index contributed by atoms with van der Waals surface area (Å²) in [5.41, 5.74) is 0.552. The second-order valence-electron chi connectivity index (χ2n) is 6.37. The smallest absolute Gasteiger partial charge is 0.412 e. The third kappa shape index (κ3) is 5.79. The average Bonchev–Trinajstić information content (AvgIpc) is 2.98. The number of halogens is 1. The predicted octanol–water partition coefficient (Wildman–Crippen LogP) is 3.83. The van der Waals surface area contributed by atoms with Crippen molar-refractivity contribution < 1.29 is 19.1 Å². The van der Waals surface area contributed by atoms with Crippen molar-refractivity contribution in [2.45, 2.75) is 34.1 Å². The van der Waals surface area contributed by atoms with Gasteiger partial charge in [0.15, 0.2) is 6.73 Å². The van der Waals surface area contributed by atoms with Gasteiger partial charge in [-0.05, 0) is 26.8 Å². The van der Waals surface area contributed by atoms with Crippen molar-refractivity contribution in [3.63, 3.8) is 0 Å². The van der Waals surface area contributed by atoms with Crippen LogP contribution in [0.4, 0.5) is 10.5 Å². The molecule has 1 aromatic carbocycles. The van der Waals surface area contributed by atoms with Crippen LogP contribution in [0, 0.1) is 5.41 Å². The first-order valence-corrected chi connectivity index (χ1v) is 8.00. The number of rotatable bonds is 5. The number of esters is 1. The van der Waals surface area contributed by atoms with Crippen molar-refractivity contribution in [1.29, 1.82) is 0 Å². The van der Waals surface area contributed by atoms with Crippen LogP contribution in [0.15, 0.2) is 36.7 Å². The summed E-state index contributed by atoms with van der Waals surface area (Å²) in [6, 6.07) is 7.11. The lowest BCUT2D eigenvalue weighted by atomic mass is 9.98. The number of carbonyl (C=O) groups excluding carboxylic acids is 2. The molecule has 0 radical (unpaired) electrons. The molecule has 0 aliphatic rings. The number of anilines is 1. The fourth-order valence-corrected chi connectivity index (χ4v) is 1.94. The van der Waals surface area contributed by atoms with Crippen LogP contribution >= 0.6 is 11.6 Å². The fraction of sp³-hybridized carbons (Fsp3) is 0.353. The second-order valence-corrected chi connectivity index (χ2v) is 6.78. The SMILES string of the molecule is CC(C)(C)C(=O)OCn1cc(NC(=O)OCc2ccccc2Cl)cn1. The van der Waals surface area contributed by atoms with Crippen LogP contribution in [-0.2, 0) is 27.6 Å². The minimum absolute atomic E-state index is 0.0353. The normalized spacial score (nSPS) is 11.0. The van der Waals surface area contributed by atoms with E-state index in [9.17, 15) is 9.59 Å². The van der Waals surface area contributed by atoms with Gasteiger partial charge < -0.3 is 9.47 Å². The Labute approximate surface area is 150 Å². The maximum absolute atomic E-state index is 11.8. The van der Waals surface area contributed by atoms with Crippen molar-refractivity contribution >= 4 is 29.4 Å². The molecule has 0 spiro atoms. The van der Waals surface area contributed by atoms with Crippen LogP contribution < -0.4 is 5.32 Å². The maximum atomic E-state index is 11.8. The Balaban J connectivity index is 1.81. The van der Waals surface area contributed by atoms with E-state index in [1.165, 1.54) is 17.1 Å². The van der Waals surface area contributed by atoms with Gasteiger partial charge in [0.25, 0.3) is 0 Å². The number of nitrogens with one attached hydrogen (secondary N) is 1. The molecule has 1 aromatic heterocycles. The molecule has 7 nitrogen and oxygen atoms in total. The summed E-state index contributed by atoms with van der Waals surface area (Å²) in [6.07, 6.45) is 2.33. The van der Waals surface area contributed by atoms with Crippen LogP contribution in [0.2, 0.25) is 5.02 Å². The molecule has 0 saturated heterocycles. The minimum atomic E-state index is -0.633. The van der Waals surface area contributed by atoms with Crippen molar-refractivity contribution in [1.82, 2.24) is 9.78 Å². The molecule has 1 heterocycles. The number of hydrogen-bond donors (Lipinski definition) is 1. The molecular formula is C17H20ClN3O4. The topological polar surface area (TPSA) is 82.5 Å². The first-order chi connectivity index (χ1) is 11.8. The highest BCUT2D eigenvalue weighted by atomic mass is 35.5. The van der Waals surface area contributed by atoms with Crippen LogP contribution in [0.1, 0.15) is 26.3 Å². The molecular weight excluding hydrogens is 346 g/mol. The number of aromatic nitrogens is 2. The Hall–Kier alpha value is -2.54. The lowest BCUT2D eigenvalue weighted by Crippen LogP contribution is -2.24. The monoisotopic (exact) mass is 365 g/mol. The number of ether oxygens (including phenoxy) is 2. The van der Waals surface area contributed by atoms with E-state index in [-0.39, 0.29) is 19.3 Å². The van der Waals surface area contributed by atoms with Crippen molar-refractivity contribution in [3.8, 4) is 0 Å². The van der Waals surface area contributed by atoms with Gasteiger partial charge in [-0.3, -0.25) is 10.1 Å². The van der Waals surface area contributed by atoms with E-state index in [0.29, 0.717) is 16.3 Å². The third-order valence-electron chi connectivity index (χ3n) is 3.14. The van der Waals surface area contributed by atoms with Crippen molar-refractivity contribution in [3.05, 3.63) is 47.2 Å². The number of nitrogens with zero attached hydrogens (tertiary/aromatic N) is 2.